The fraction of sp³-hybridized carbons (Fsp3) is 0.938. The number of carbonyl (C=O) groups excluding carboxylic acids is 1. The average Bonchev–Trinajstić information content (AvgIpc) is 2.35. The van der Waals surface area contributed by atoms with Crippen molar-refractivity contribution >= 4 is 5.91 Å². The second-order valence-electron chi connectivity index (χ2n) is 5.71. The molecule has 2 N–H and O–H groups in total. The van der Waals surface area contributed by atoms with E-state index in [-0.39, 0.29) is 5.48 Å². The number of unbranched alkanes of at least 4 members (excludes halogenated alkanes) is 10. The van der Waals surface area contributed by atoms with Crippen LogP contribution in [0.15, 0.2) is 0 Å². The molecule has 0 bridgehead atoms. The quantitative estimate of drug-likeness (QED) is 0.555. The molecule has 1 amide bonds. The first-order valence-corrected chi connectivity index (χ1v) is 8.01. The molecule has 0 unspecified atom stereocenters. The Morgan fingerprint density at radius 2 is 1.11 bits per heavy atom. The highest BCUT2D eigenvalue weighted by molar-refractivity contribution is 5.66. The number of amides is 1. The molecular formula is C16H35NO2. The van der Waals surface area contributed by atoms with Crippen molar-refractivity contribution in [3.05, 3.63) is 0 Å². The van der Waals surface area contributed by atoms with E-state index in [1.165, 1.54) is 64.2 Å². The molecule has 0 heterocycles. The molecule has 19 heavy (non-hydrogen) atoms. The maximum atomic E-state index is 11.4. The van der Waals surface area contributed by atoms with Gasteiger partial charge in [0.05, 0.1) is 20.5 Å². The highest BCUT2D eigenvalue weighted by Crippen LogP contribution is 2.11. The van der Waals surface area contributed by atoms with Gasteiger partial charge in [0.15, 0.2) is 0 Å². The molecule has 0 aromatic carbocycles. The van der Waals surface area contributed by atoms with Crippen molar-refractivity contribution in [2.45, 2.75) is 84.0 Å². The van der Waals surface area contributed by atoms with Crippen LogP contribution < -0.4 is 4.90 Å². The fourth-order valence-corrected chi connectivity index (χ4v) is 2.20. The van der Waals surface area contributed by atoms with Crippen molar-refractivity contribution in [2.24, 2.45) is 0 Å². The van der Waals surface area contributed by atoms with Gasteiger partial charge in [0.25, 0.3) is 0 Å². The molecule has 0 aromatic heterocycles. The van der Waals surface area contributed by atoms with E-state index in [1.54, 1.807) is 0 Å². The molecule has 0 atom stereocenters. The number of hydrogen-bond donors (Lipinski definition) is 1. The molecule has 0 saturated heterocycles. The zero-order valence-corrected chi connectivity index (χ0v) is 13.3. The zero-order chi connectivity index (χ0) is 13.6. The van der Waals surface area contributed by atoms with Crippen molar-refractivity contribution < 1.29 is 15.2 Å². The minimum Gasteiger partial charge on any atom is -0.870 e. The molecule has 3 heteroatoms. The van der Waals surface area contributed by atoms with Gasteiger partial charge >= 0.3 is 5.91 Å². The Morgan fingerprint density at radius 1 is 0.737 bits per heavy atom. The van der Waals surface area contributed by atoms with E-state index in [0.29, 0.717) is 5.91 Å². The first-order valence-electron chi connectivity index (χ1n) is 8.01. The molecule has 0 aliphatic heterocycles. The summed E-state index contributed by atoms with van der Waals surface area (Å²) in [5.41, 5.74) is 0. The molecule has 0 saturated carbocycles. The van der Waals surface area contributed by atoms with E-state index in [9.17, 15) is 4.79 Å². The van der Waals surface area contributed by atoms with Crippen LogP contribution in [0.1, 0.15) is 84.0 Å². The van der Waals surface area contributed by atoms with E-state index < -0.39 is 0 Å². The summed E-state index contributed by atoms with van der Waals surface area (Å²) in [5, 5.41) is 0. The van der Waals surface area contributed by atoms with Crippen LogP contribution in [0.4, 0.5) is 0 Å². The zero-order valence-electron chi connectivity index (χ0n) is 13.3. The highest BCUT2D eigenvalue weighted by atomic mass is 16.2. The molecule has 0 radical (unpaired) electrons. The van der Waals surface area contributed by atoms with Crippen LogP contribution >= 0.6 is 0 Å². The highest BCUT2D eigenvalue weighted by Gasteiger charge is 2.07. The van der Waals surface area contributed by atoms with Gasteiger partial charge in [0.2, 0.25) is 0 Å². The predicted octanol–water partition coefficient (Wildman–Crippen LogP) is 3.18. The van der Waals surface area contributed by atoms with Gasteiger partial charge in [-0.05, 0) is 6.42 Å². The van der Waals surface area contributed by atoms with E-state index in [2.05, 4.69) is 6.92 Å². The van der Waals surface area contributed by atoms with E-state index in [0.717, 1.165) is 17.7 Å². The molecule has 0 rings (SSSR count). The topological polar surface area (TPSA) is 51.5 Å². The lowest BCUT2D eigenvalue weighted by molar-refractivity contribution is -0.775. The van der Waals surface area contributed by atoms with Crippen molar-refractivity contribution in [2.75, 3.05) is 14.1 Å². The smallest absolute Gasteiger partial charge is 0.311 e. The van der Waals surface area contributed by atoms with Crippen LogP contribution in [0, 0.1) is 0 Å². The lowest BCUT2D eigenvalue weighted by atomic mass is 10.1. The monoisotopic (exact) mass is 273 g/mol. The molecule has 116 valence electrons. The summed E-state index contributed by atoms with van der Waals surface area (Å²) in [6, 6.07) is 0. The van der Waals surface area contributed by atoms with Gasteiger partial charge < -0.3 is 5.48 Å². The van der Waals surface area contributed by atoms with Gasteiger partial charge in [-0.2, -0.15) is 0 Å². The first-order chi connectivity index (χ1) is 8.68. The summed E-state index contributed by atoms with van der Waals surface area (Å²) < 4.78 is 0. The van der Waals surface area contributed by atoms with Crippen molar-refractivity contribution in [3.8, 4) is 0 Å². The number of nitrogens with one attached hydrogen (secondary N) is 1. The van der Waals surface area contributed by atoms with Gasteiger partial charge in [0, 0.05) is 0 Å². The van der Waals surface area contributed by atoms with Crippen LogP contribution in [0.2, 0.25) is 0 Å². The largest absolute Gasteiger partial charge is 0.870 e. The Hall–Kier alpha value is -0.410. The molecule has 0 aromatic rings. The van der Waals surface area contributed by atoms with E-state index in [4.69, 9.17) is 0 Å². The number of quaternary nitrogens is 1. The van der Waals surface area contributed by atoms with Crippen molar-refractivity contribution in [3.63, 3.8) is 0 Å². The van der Waals surface area contributed by atoms with Gasteiger partial charge in [-0.15, -0.1) is 0 Å². The van der Waals surface area contributed by atoms with Crippen molar-refractivity contribution in [1.29, 1.82) is 0 Å². The summed E-state index contributed by atoms with van der Waals surface area (Å²) in [5.74, 6) is 0.353. The van der Waals surface area contributed by atoms with E-state index in [1.807, 2.05) is 14.1 Å². The number of hydrogen-bond acceptors (Lipinski definition) is 2. The third-order valence-corrected chi connectivity index (χ3v) is 3.57. The van der Waals surface area contributed by atoms with Gasteiger partial charge in [-0.1, -0.05) is 71.1 Å². The Kier molecular flexibility index (Phi) is 17.2. The molecule has 3 nitrogen and oxygen atoms in total. The Morgan fingerprint density at radius 3 is 1.47 bits per heavy atom. The van der Waals surface area contributed by atoms with Crippen LogP contribution in [0.3, 0.4) is 0 Å². The third-order valence-electron chi connectivity index (χ3n) is 3.57. The van der Waals surface area contributed by atoms with E-state index >= 15 is 0 Å². The standard InChI is InChI=1S/C16H33NO.H2O/c1-4-5-6-7-8-9-10-11-12-13-14-15-16(18)17(2)3;/h4-15H2,1-3H3;1H2. The second-order valence-corrected chi connectivity index (χ2v) is 5.71. The van der Waals surface area contributed by atoms with Crippen LogP contribution in [-0.4, -0.2) is 25.5 Å². The number of carbonyl (C=O) groups is 1. The SMILES string of the molecule is CCCCCCCCCCCCCC(=O)[NH+](C)C.[OH-]. The summed E-state index contributed by atoms with van der Waals surface area (Å²) >= 11 is 0. The van der Waals surface area contributed by atoms with Crippen LogP contribution in [-0.2, 0) is 4.79 Å². The van der Waals surface area contributed by atoms with Crippen molar-refractivity contribution in [1.82, 2.24) is 0 Å². The first kappa shape index (κ1) is 20.9. The number of rotatable bonds is 12. The Balaban J connectivity index is 0. The summed E-state index contributed by atoms with van der Waals surface area (Å²) in [7, 11) is 3.84. The average molecular weight is 273 g/mol. The summed E-state index contributed by atoms with van der Waals surface area (Å²) in [6.07, 6.45) is 15.6. The normalized spacial score (nSPS) is 10.5. The minimum atomic E-state index is 0. The predicted molar refractivity (Wildman–Crippen MR) is 80.8 cm³/mol. The molecular weight excluding hydrogens is 238 g/mol. The second kappa shape index (κ2) is 15.6. The lowest BCUT2D eigenvalue weighted by Crippen LogP contribution is -3.08. The van der Waals surface area contributed by atoms with Gasteiger partial charge in [-0.3, -0.25) is 4.90 Å². The maximum absolute atomic E-state index is 11.4. The third kappa shape index (κ3) is 15.5. The lowest BCUT2D eigenvalue weighted by Gasteiger charge is -2.04. The van der Waals surface area contributed by atoms with Crippen LogP contribution in [0.5, 0.6) is 0 Å². The summed E-state index contributed by atoms with van der Waals surface area (Å²) in [4.78, 5) is 12.3. The molecule has 0 spiro atoms. The minimum absolute atomic E-state index is 0. The Labute approximate surface area is 120 Å². The molecule has 0 fully saturated rings. The fourth-order valence-electron chi connectivity index (χ4n) is 2.20. The van der Waals surface area contributed by atoms with Gasteiger partial charge in [-0.25, -0.2) is 4.79 Å². The summed E-state index contributed by atoms with van der Waals surface area (Å²) in [6.45, 7) is 2.27. The molecule has 0 aliphatic rings. The Bertz CT molecular complexity index is 193. The maximum Gasteiger partial charge on any atom is 0.311 e. The van der Waals surface area contributed by atoms with Gasteiger partial charge in [0.1, 0.15) is 0 Å². The molecule has 0 aliphatic carbocycles. The van der Waals surface area contributed by atoms with Crippen LogP contribution in [0.25, 0.3) is 0 Å².